The Morgan fingerprint density at radius 2 is 1.46 bits per heavy atom. The molecule has 0 saturated carbocycles. The Labute approximate surface area is 218 Å². The number of ether oxygens (including phenoxy) is 2. The summed E-state index contributed by atoms with van der Waals surface area (Å²) in [5, 5.41) is 21.1. The Kier molecular flexibility index (Phi) is 10.9. The Bertz CT molecular complexity index is 1110. The zero-order chi connectivity index (χ0) is 27.1. The largest absolute Gasteiger partial charge is 0.394 e. The molecule has 2 aromatic rings. The molecule has 37 heavy (non-hydrogen) atoms. The molecule has 2 unspecified atom stereocenters. The van der Waals surface area contributed by atoms with Crippen LogP contribution in [0.4, 0.5) is 11.6 Å². The van der Waals surface area contributed by atoms with Crippen molar-refractivity contribution in [1.29, 1.82) is 0 Å². The first-order chi connectivity index (χ1) is 17.8. The third-order valence-electron chi connectivity index (χ3n) is 6.05. The second kappa shape index (κ2) is 13.7. The van der Waals surface area contributed by atoms with Crippen LogP contribution in [0.25, 0.3) is 0 Å². The normalized spacial score (nSPS) is 27.0. The molecule has 4 rings (SSSR count). The first kappa shape index (κ1) is 29.5. The third-order valence-corrected chi connectivity index (χ3v) is 6.75. The number of aromatic nitrogens is 4. The Morgan fingerprint density at radius 3 is 1.81 bits per heavy atom. The van der Waals surface area contributed by atoms with Gasteiger partial charge in [-0.15, -0.1) is 0 Å². The molecule has 2 aliphatic rings. The van der Waals surface area contributed by atoms with Gasteiger partial charge in [0.05, 0.1) is 25.4 Å². The molecule has 0 spiro atoms. The first-order valence-electron chi connectivity index (χ1n) is 11.5. The standard InChI is InChI=1S/C11H18N3O4P.C10H16N3O4P/c1-13(2)9-3-4-14(11(16)12-9)10-5-7(18-19)8(6-15)17-10;1-11-8-2-3-13(10(15)12-8)9-4-6(17-18)7(5-14)16-9/h3-4,7-8,10,15H,5-6,19H2,1-2H3;2-3,6-7,9,14H,4-5,18H2,1H3,(H,11,12,15)/t7-,8-,10-;6-,7-,9-/m11/s1. The van der Waals surface area contributed by atoms with Crippen LogP contribution in [0.1, 0.15) is 25.3 Å². The smallest absolute Gasteiger partial charge is 0.351 e. The second-order valence-electron chi connectivity index (χ2n) is 8.57. The predicted molar refractivity (Wildman–Crippen MR) is 141 cm³/mol. The molecule has 2 fully saturated rings. The highest BCUT2D eigenvalue weighted by molar-refractivity contribution is 7.10. The summed E-state index contributed by atoms with van der Waals surface area (Å²) in [6, 6.07) is 3.43. The predicted octanol–water partition coefficient (Wildman–Crippen LogP) is -0.496. The molecule has 2 aromatic heterocycles. The molecule has 0 radical (unpaired) electrons. The lowest BCUT2D eigenvalue weighted by Crippen LogP contribution is -2.29. The van der Waals surface area contributed by atoms with Crippen molar-refractivity contribution in [2.75, 3.05) is 44.6 Å². The van der Waals surface area contributed by atoms with E-state index >= 15 is 0 Å². The van der Waals surface area contributed by atoms with E-state index in [-0.39, 0.29) is 31.1 Å². The van der Waals surface area contributed by atoms with Crippen molar-refractivity contribution in [2.24, 2.45) is 0 Å². The maximum absolute atomic E-state index is 12.0. The topological polar surface area (TPSA) is 162 Å². The minimum atomic E-state index is -0.460. The van der Waals surface area contributed by atoms with Crippen molar-refractivity contribution in [2.45, 2.75) is 49.7 Å². The van der Waals surface area contributed by atoms with E-state index in [2.05, 4.69) is 34.2 Å². The SMILES string of the molecule is CN(C)c1ccn([C@H]2C[C@@H](OP)[C@@H](CO)O2)c(=O)n1.CNc1ccn([C@H]2C[C@@H](OP)[C@@H](CO)O2)c(=O)n1. The zero-order valence-electron chi connectivity index (χ0n) is 20.8. The Hall–Kier alpha value is -2.02. The fraction of sp³-hybridized carbons (Fsp3) is 0.619. The van der Waals surface area contributed by atoms with Crippen LogP contribution in [0.3, 0.4) is 0 Å². The number of aliphatic hydroxyl groups is 2. The van der Waals surface area contributed by atoms with E-state index in [4.69, 9.17) is 23.6 Å². The maximum atomic E-state index is 12.0. The minimum absolute atomic E-state index is 0.145. The van der Waals surface area contributed by atoms with E-state index < -0.39 is 30.4 Å². The molecule has 0 aromatic carbocycles. The summed E-state index contributed by atoms with van der Waals surface area (Å²) in [6.45, 7) is -0.292. The molecular formula is C21H34N6O8P2. The van der Waals surface area contributed by atoms with Crippen molar-refractivity contribution in [3.8, 4) is 0 Å². The van der Waals surface area contributed by atoms with Crippen molar-refractivity contribution in [3.05, 3.63) is 45.5 Å². The average Bonchev–Trinajstić information content (AvgIpc) is 3.52. The van der Waals surface area contributed by atoms with Gasteiger partial charge in [-0.1, -0.05) is 0 Å². The molecule has 2 saturated heterocycles. The lowest BCUT2D eigenvalue weighted by Gasteiger charge is -2.16. The van der Waals surface area contributed by atoms with Crippen molar-refractivity contribution < 1.29 is 28.7 Å². The van der Waals surface area contributed by atoms with Gasteiger partial charge in [0.25, 0.3) is 0 Å². The van der Waals surface area contributed by atoms with Gasteiger partial charge < -0.3 is 39.0 Å². The molecule has 8 atom stereocenters. The van der Waals surface area contributed by atoms with Gasteiger partial charge in [0.15, 0.2) is 0 Å². The van der Waals surface area contributed by atoms with Crippen LogP contribution in [-0.4, -0.2) is 88.1 Å². The van der Waals surface area contributed by atoms with Crippen molar-refractivity contribution >= 4 is 30.6 Å². The lowest BCUT2D eigenvalue weighted by atomic mass is 10.2. The van der Waals surface area contributed by atoms with Gasteiger partial charge in [0, 0.05) is 65.3 Å². The first-order valence-corrected chi connectivity index (χ1v) is 12.5. The van der Waals surface area contributed by atoms with Gasteiger partial charge in [-0.2, -0.15) is 9.97 Å². The van der Waals surface area contributed by atoms with Gasteiger partial charge in [-0.3, -0.25) is 9.13 Å². The van der Waals surface area contributed by atoms with E-state index in [1.165, 1.54) is 9.13 Å². The molecule has 2 aliphatic heterocycles. The van der Waals surface area contributed by atoms with E-state index in [0.717, 1.165) is 0 Å². The van der Waals surface area contributed by atoms with Crippen molar-refractivity contribution in [3.63, 3.8) is 0 Å². The summed E-state index contributed by atoms with van der Waals surface area (Å²) in [5.74, 6) is 1.10. The number of rotatable bonds is 8. The van der Waals surface area contributed by atoms with Gasteiger partial charge in [-0.25, -0.2) is 9.59 Å². The molecule has 16 heteroatoms. The summed E-state index contributed by atoms with van der Waals surface area (Å²) >= 11 is 0. The van der Waals surface area contributed by atoms with Gasteiger partial charge >= 0.3 is 11.4 Å². The zero-order valence-corrected chi connectivity index (χ0v) is 23.1. The quantitative estimate of drug-likeness (QED) is 0.356. The Morgan fingerprint density at radius 1 is 0.973 bits per heavy atom. The average molecular weight is 560 g/mol. The van der Waals surface area contributed by atoms with E-state index in [0.29, 0.717) is 24.5 Å². The van der Waals surface area contributed by atoms with Gasteiger partial charge in [-0.05, 0) is 12.1 Å². The van der Waals surface area contributed by atoms with Crippen LogP contribution >= 0.6 is 18.9 Å². The number of aliphatic hydroxyl groups excluding tert-OH is 2. The van der Waals surface area contributed by atoms with Crippen molar-refractivity contribution in [1.82, 2.24) is 19.1 Å². The van der Waals surface area contributed by atoms with Gasteiger partial charge in [0.1, 0.15) is 36.3 Å². The second-order valence-corrected chi connectivity index (χ2v) is 9.11. The summed E-state index contributed by atoms with van der Waals surface area (Å²) in [4.78, 5) is 33.3. The number of hydrogen-bond donors (Lipinski definition) is 3. The van der Waals surface area contributed by atoms with Gasteiger partial charge in [0.2, 0.25) is 0 Å². The van der Waals surface area contributed by atoms with Crippen LogP contribution < -0.4 is 21.6 Å². The highest BCUT2D eigenvalue weighted by Crippen LogP contribution is 2.31. The highest BCUT2D eigenvalue weighted by Gasteiger charge is 2.37. The molecular weight excluding hydrogens is 526 g/mol. The molecule has 0 aliphatic carbocycles. The lowest BCUT2D eigenvalue weighted by molar-refractivity contribution is -0.0401. The minimum Gasteiger partial charge on any atom is -0.394 e. The van der Waals surface area contributed by atoms with E-state index in [9.17, 15) is 14.7 Å². The molecule has 0 bridgehead atoms. The summed E-state index contributed by atoms with van der Waals surface area (Å²) < 4.78 is 24.3. The highest BCUT2D eigenvalue weighted by atomic mass is 31.0. The van der Waals surface area contributed by atoms with E-state index in [1.807, 2.05) is 14.1 Å². The third kappa shape index (κ3) is 7.10. The van der Waals surface area contributed by atoms with Crippen LogP contribution in [0.15, 0.2) is 34.1 Å². The number of nitrogens with zero attached hydrogens (tertiary/aromatic N) is 5. The molecule has 14 nitrogen and oxygen atoms in total. The fourth-order valence-electron chi connectivity index (χ4n) is 4.00. The van der Waals surface area contributed by atoms with Crippen LogP contribution in [0.2, 0.25) is 0 Å². The van der Waals surface area contributed by atoms with E-state index in [1.54, 1.807) is 36.5 Å². The molecule has 3 N–H and O–H groups in total. The Balaban J connectivity index is 0.000000206. The van der Waals surface area contributed by atoms with Crippen LogP contribution in [0, 0.1) is 0 Å². The monoisotopic (exact) mass is 560 g/mol. The molecule has 0 amide bonds. The number of anilines is 2. The number of nitrogens with one attached hydrogen (secondary N) is 1. The molecule has 4 heterocycles. The fourth-order valence-corrected chi connectivity index (χ4v) is 4.57. The summed E-state index contributed by atoms with van der Waals surface area (Å²) in [5.41, 5.74) is -0.773. The van der Waals surface area contributed by atoms with Crippen LogP contribution in [0.5, 0.6) is 0 Å². The molecule has 206 valence electrons. The summed E-state index contributed by atoms with van der Waals surface area (Å²) in [6.07, 6.45) is 1.98. The van der Waals surface area contributed by atoms with Crippen LogP contribution in [-0.2, 0) is 18.5 Å². The summed E-state index contributed by atoms with van der Waals surface area (Å²) in [7, 11) is 9.64. The number of hydrogen-bond acceptors (Lipinski definition) is 12. The maximum Gasteiger partial charge on any atom is 0.351 e.